The van der Waals surface area contributed by atoms with Crippen LogP contribution in [-0.4, -0.2) is 45.1 Å². The smallest absolute Gasteiger partial charge is 0.245 e. The fraction of sp³-hybridized carbons (Fsp3) is 0.667. The minimum Gasteiger partial charge on any atom is -0.375 e. The van der Waals surface area contributed by atoms with Gasteiger partial charge in [0, 0.05) is 24.0 Å². The molecule has 1 aromatic rings. The summed E-state index contributed by atoms with van der Waals surface area (Å²) in [6.07, 6.45) is -0.0739. The van der Waals surface area contributed by atoms with Gasteiger partial charge in [-0.1, -0.05) is 0 Å². The summed E-state index contributed by atoms with van der Waals surface area (Å²) >= 11 is 4.83. The number of rotatable bonds is 4. The number of thiophene rings is 1. The molecule has 2 unspecified atom stereocenters. The van der Waals surface area contributed by atoms with Gasteiger partial charge in [0.15, 0.2) is 0 Å². The third-order valence-corrected chi connectivity index (χ3v) is 7.43. The molecule has 0 bridgehead atoms. The average molecular weight is 383 g/mol. The molecule has 0 amide bonds. The minimum atomic E-state index is -3.48. The third kappa shape index (κ3) is 3.26. The summed E-state index contributed by atoms with van der Waals surface area (Å²) in [5.41, 5.74) is 0. The quantitative estimate of drug-likeness (QED) is 0.865. The molecular formula is C12H19BrN2O3S2. The highest BCUT2D eigenvalue weighted by molar-refractivity contribution is 9.11. The van der Waals surface area contributed by atoms with Gasteiger partial charge in [0.1, 0.15) is 4.90 Å². The van der Waals surface area contributed by atoms with Crippen molar-refractivity contribution in [2.45, 2.75) is 37.4 Å². The van der Waals surface area contributed by atoms with Gasteiger partial charge in [-0.05, 0) is 42.9 Å². The summed E-state index contributed by atoms with van der Waals surface area (Å²) in [6, 6.07) is 1.60. The Morgan fingerprint density at radius 1 is 1.55 bits per heavy atom. The van der Waals surface area contributed by atoms with Crippen molar-refractivity contribution >= 4 is 37.3 Å². The van der Waals surface area contributed by atoms with E-state index >= 15 is 0 Å². The Morgan fingerprint density at radius 3 is 2.90 bits per heavy atom. The van der Waals surface area contributed by atoms with E-state index in [9.17, 15) is 8.42 Å². The second-order valence-electron chi connectivity index (χ2n) is 4.95. The molecule has 1 fully saturated rings. The molecule has 0 aromatic carbocycles. The van der Waals surface area contributed by atoms with E-state index in [0.29, 0.717) is 28.4 Å². The number of nitrogens with zero attached hydrogens (tertiary/aromatic N) is 1. The lowest BCUT2D eigenvalue weighted by Crippen LogP contribution is -2.50. The Bertz CT molecular complexity index is 573. The van der Waals surface area contributed by atoms with E-state index in [0.717, 1.165) is 4.88 Å². The van der Waals surface area contributed by atoms with Gasteiger partial charge in [0.25, 0.3) is 0 Å². The maximum Gasteiger partial charge on any atom is 0.245 e. The highest BCUT2D eigenvalue weighted by Gasteiger charge is 2.35. The number of sulfonamides is 1. The zero-order valence-electron chi connectivity index (χ0n) is 11.7. The van der Waals surface area contributed by atoms with Gasteiger partial charge in [-0.3, -0.25) is 0 Å². The van der Waals surface area contributed by atoms with Crippen LogP contribution in [0.4, 0.5) is 0 Å². The largest absolute Gasteiger partial charge is 0.375 e. The Kier molecular flexibility index (Phi) is 5.25. The maximum atomic E-state index is 12.8. The summed E-state index contributed by atoms with van der Waals surface area (Å²) in [5, 5.41) is 3.03. The van der Waals surface area contributed by atoms with E-state index < -0.39 is 10.0 Å². The lowest BCUT2D eigenvalue weighted by molar-refractivity contribution is -0.0170. The summed E-state index contributed by atoms with van der Waals surface area (Å²) in [7, 11) is -1.64. The van der Waals surface area contributed by atoms with Crippen molar-refractivity contribution in [2.75, 3.05) is 20.2 Å². The monoisotopic (exact) mass is 382 g/mol. The molecule has 5 nitrogen and oxygen atoms in total. The predicted molar refractivity (Wildman–Crippen MR) is 83.6 cm³/mol. The normalized spacial score (nSPS) is 25.0. The fourth-order valence-corrected chi connectivity index (χ4v) is 6.51. The van der Waals surface area contributed by atoms with Gasteiger partial charge >= 0.3 is 0 Å². The number of nitrogens with one attached hydrogen (secondary N) is 1. The van der Waals surface area contributed by atoms with Gasteiger partial charge in [-0.15, -0.1) is 11.3 Å². The first-order valence-corrected chi connectivity index (χ1v) is 9.47. The molecule has 1 N–H and O–H groups in total. The standard InChI is InChI=1S/C12H19BrN2O3S2/c1-8-7-18-9(2)6-15(8)20(16,17)11-4-10(5-14-3)19-12(11)13/h4,8-9,14H,5-7H2,1-3H3. The molecule has 2 atom stereocenters. The van der Waals surface area contributed by atoms with Crippen LogP contribution in [0, 0.1) is 0 Å². The number of morpholine rings is 1. The molecule has 0 spiro atoms. The highest BCUT2D eigenvalue weighted by Crippen LogP contribution is 2.34. The lowest BCUT2D eigenvalue weighted by Gasteiger charge is -2.35. The van der Waals surface area contributed by atoms with Crippen molar-refractivity contribution < 1.29 is 13.2 Å². The molecule has 0 saturated carbocycles. The summed E-state index contributed by atoms with van der Waals surface area (Å²) in [4.78, 5) is 1.35. The molecule has 8 heteroatoms. The Hall–Kier alpha value is 0.01000. The van der Waals surface area contributed by atoms with Crippen LogP contribution in [0.2, 0.25) is 0 Å². The van der Waals surface area contributed by atoms with Crippen LogP contribution in [0.1, 0.15) is 18.7 Å². The van der Waals surface area contributed by atoms with Crippen LogP contribution in [-0.2, 0) is 21.3 Å². The van der Waals surface area contributed by atoms with Crippen LogP contribution in [0.15, 0.2) is 14.7 Å². The number of hydrogen-bond acceptors (Lipinski definition) is 5. The van der Waals surface area contributed by atoms with Crippen LogP contribution in [0.5, 0.6) is 0 Å². The van der Waals surface area contributed by atoms with E-state index in [-0.39, 0.29) is 12.1 Å². The van der Waals surface area contributed by atoms with Gasteiger partial charge in [0.05, 0.1) is 16.5 Å². The van der Waals surface area contributed by atoms with Crippen molar-refractivity contribution in [3.05, 3.63) is 14.7 Å². The number of hydrogen-bond donors (Lipinski definition) is 1. The second-order valence-corrected chi connectivity index (χ2v) is 9.26. The van der Waals surface area contributed by atoms with Gasteiger partial charge in [-0.2, -0.15) is 4.31 Å². The molecule has 2 rings (SSSR count). The van der Waals surface area contributed by atoms with Gasteiger partial charge < -0.3 is 10.1 Å². The van der Waals surface area contributed by atoms with Crippen LogP contribution < -0.4 is 5.32 Å². The van der Waals surface area contributed by atoms with Crippen molar-refractivity contribution in [3.8, 4) is 0 Å². The molecule has 0 aliphatic carbocycles. The van der Waals surface area contributed by atoms with Crippen molar-refractivity contribution in [2.24, 2.45) is 0 Å². The average Bonchev–Trinajstić information content (AvgIpc) is 2.74. The van der Waals surface area contributed by atoms with Crippen molar-refractivity contribution in [3.63, 3.8) is 0 Å². The highest BCUT2D eigenvalue weighted by atomic mass is 79.9. The van der Waals surface area contributed by atoms with Crippen molar-refractivity contribution in [1.82, 2.24) is 9.62 Å². The number of halogens is 1. The molecule has 2 heterocycles. The van der Waals surface area contributed by atoms with Gasteiger partial charge in [-0.25, -0.2) is 8.42 Å². The Balaban J connectivity index is 2.34. The topological polar surface area (TPSA) is 58.6 Å². The molecule has 1 aliphatic heterocycles. The van der Waals surface area contributed by atoms with Crippen LogP contribution >= 0.6 is 27.3 Å². The zero-order valence-corrected chi connectivity index (χ0v) is 14.9. The van der Waals surface area contributed by atoms with E-state index in [2.05, 4.69) is 21.2 Å². The first-order chi connectivity index (χ1) is 9.36. The summed E-state index contributed by atoms with van der Waals surface area (Å²) in [5.74, 6) is 0. The lowest BCUT2D eigenvalue weighted by atomic mass is 10.2. The zero-order chi connectivity index (χ0) is 14.9. The summed E-state index contributed by atoms with van der Waals surface area (Å²) in [6.45, 7) is 5.26. The third-order valence-electron chi connectivity index (χ3n) is 3.19. The molecular weight excluding hydrogens is 364 g/mol. The molecule has 1 aromatic heterocycles. The van der Waals surface area contributed by atoms with Gasteiger partial charge in [0.2, 0.25) is 10.0 Å². The SMILES string of the molecule is CNCc1cc(S(=O)(=O)N2CC(C)OCC2C)c(Br)s1. The minimum absolute atomic E-state index is 0.0739. The second kappa shape index (κ2) is 6.41. The molecule has 1 aliphatic rings. The van der Waals surface area contributed by atoms with E-state index in [1.54, 1.807) is 6.07 Å². The molecule has 1 saturated heterocycles. The fourth-order valence-electron chi connectivity index (χ4n) is 2.17. The maximum absolute atomic E-state index is 12.8. The predicted octanol–water partition coefficient (Wildman–Crippen LogP) is 2.03. The first kappa shape index (κ1) is 16.4. The van der Waals surface area contributed by atoms with Crippen LogP contribution in [0.25, 0.3) is 0 Å². The molecule has 20 heavy (non-hydrogen) atoms. The van der Waals surface area contributed by atoms with E-state index in [1.165, 1.54) is 15.6 Å². The van der Waals surface area contributed by atoms with E-state index in [1.807, 2.05) is 20.9 Å². The van der Waals surface area contributed by atoms with Crippen molar-refractivity contribution in [1.29, 1.82) is 0 Å². The Morgan fingerprint density at radius 2 is 2.25 bits per heavy atom. The first-order valence-electron chi connectivity index (χ1n) is 6.42. The molecule has 114 valence electrons. The summed E-state index contributed by atoms with van der Waals surface area (Å²) < 4.78 is 33.3. The Labute approximate surface area is 132 Å². The van der Waals surface area contributed by atoms with Crippen LogP contribution in [0.3, 0.4) is 0 Å². The molecule has 0 radical (unpaired) electrons. The van der Waals surface area contributed by atoms with E-state index in [4.69, 9.17) is 4.74 Å². The number of ether oxygens (including phenoxy) is 1.